The van der Waals surface area contributed by atoms with Crippen LogP contribution in [0.25, 0.3) is 0 Å². The predicted molar refractivity (Wildman–Crippen MR) is 83.6 cm³/mol. The number of aliphatic hydroxyl groups is 1. The number of nitrogens with zero attached hydrogens (tertiary/aromatic N) is 4. The first-order chi connectivity index (χ1) is 9.85. The smallest absolute Gasteiger partial charge is 0.132 e. The van der Waals surface area contributed by atoms with E-state index in [1.807, 2.05) is 31.6 Å². The van der Waals surface area contributed by atoms with Crippen molar-refractivity contribution in [2.75, 3.05) is 0 Å². The molecule has 0 fully saturated rings. The van der Waals surface area contributed by atoms with Crippen molar-refractivity contribution >= 4 is 11.6 Å². The van der Waals surface area contributed by atoms with E-state index in [0.717, 1.165) is 29.1 Å². The van der Waals surface area contributed by atoms with Crippen molar-refractivity contribution in [2.45, 2.75) is 45.6 Å². The van der Waals surface area contributed by atoms with Gasteiger partial charge in [0, 0.05) is 31.8 Å². The van der Waals surface area contributed by atoms with Gasteiger partial charge in [0.2, 0.25) is 0 Å². The Kier molecular flexibility index (Phi) is 4.74. The highest BCUT2D eigenvalue weighted by Crippen LogP contribution is 2.32. The van der Waals surface area contributed by atoms with Gasteiger partial charge in [0.05, 0.1) is 17.5 Å². The minimum atomic E-state index is -0.677. The van der Waals surface area contributed by atoms with Crippen molar-refractivity contribution < 1.29 is 5.11 Å². The Hall–Kier alpha value is -1.33. The van der Waals surface area contributed by atoms with Crippen LogP contribution < -0.4 is 0 Å². The molecule has 6 heteroatoms. The quantitative estimate of drug-likeness (QED) is 0.924. The molecule has 1 atom stereocenters. The highest BCUT2D eigenvalue weighted by molar-refractivity contribution is 6.30. The van der Waals surface area contributed by atoms with E-state index in [0.29, 0.717) is 11.6 Å². The van der Waals surface area contributed by atoms with Gasteiger partial charge in [-0.05, 0) is 18.4 Å². The lowest BCUT2D eigenvalue weighted by atomic mass is 9.99. The standard InChI is InChI=1S/C15H23ClN4O/c1-6-10-7-11(19(4)17-10)8-12(21)13-14(9(2)3)18-20(5)15(13)16/h7,9,12,21H,6,8H2,1-5H3. The third-order valence-corrected chi connectivity index (χ3v) is 4.16. The second-order valence-corrected chi connectivity index (χ2v) is 6.05. The first-order valence-electron chi connectivity index (χ1n) is 7.27. The Labute approximate surface area is 130 Å². The van der Waals surface area contributed by atoms with Crippen molar-refractivity contribution in [1.82, 2.24) is 19.6 Å². The van der Waals surface area contributed by atoms with E-state index < -0.39 is 6.10 Å². The average molecular weight is 311 g/mol. The SMILES string of the molecule is CCc1cc(CC(O)c2c(C(C)C)nn(C)c2Cl)n(C)n1. The fourth-order valence-electron chi connectivity index (χ4n) is 2.51. The highest BCUT2D eigenvalue weighted by Gasteiger charge is 2.24. The maximum atomic E-state index is 10.6. The molecule has 1 unspecified atom stereocenters. The van der Waals surface area contributed by atoms with Gasteiger partial charge in [0.15, 0.2) is 0 Å². The van der Waals surface area contributed by atoms with Gasteiger partial charge in [0.25, 0.3) is 0 Å². The van der Waals surface area contributed by atoms with Crippen LogP contribution in [-0.2, 0) is 26.9 Å². The van der Waals surface area contributed by atoms with Crippen LogP contribution in [0.5, 0.6) is 0 Å². The first-order valence-corrected chi connectivity index (χ1v) is 7.65. The normalized spacial score (nSPS) is 13.1. The molecule has 0 saturated carbocycles. The molecule has 0 bridgehead atoms. The molecule has 0 aliphatic carbocycles. The summed E-state index contributed by atoms with van der Waals surface area (Å²) in [6, 6.07) is 2.03. The lowest BCUT2D eigenvalue weighted by Gasteiger charge is -2.13. The molecule has 2 heterocycles. The van der Waals surface area contributed by atoms with Crippen LogP contribution in [0.1, 0.15) is 55.4 Å². The van der Waals surface area contributed by atoms with Crippen molar-refractivity contribution in [3.05, 3.63) is 33.9 Å². The molecule has 5 nitrogen and oxygen atoms in total. The van der Waals surface area contributed by atoms with Crippen molar-refractivity contribution in [3.8, 4) is 0 Å². The number of aliphatic hydroxyl groups excluding tert-OH is 1. The van der Waals surface area contributed by atoms with Crippen LogP contribution in [0.3, 0.4) is 0 Å². The number of halogens is 1. The zero-order valence-electron chi connectivity index (χ0n) is 13.3. The van der Waals surface area contributed by atoms with Crippen molar-refractivity contribution in [1.29, 1.82) is 0 Å². The van der Waals surface area contributed by atoms with Crippen LogP contribution in [0.15, 0.2) is 6.07 Å². The summed E-state index contributed by atoms with van der Waals surface area (Å²) in [5.74, 6) is 0.214. The van der Waals surface area contributed by atoms with Gasteiger partial charge < -0.3 is 5.11 Å². The Balaban J connectivity index is 2.31. The molecule has 1 N–H and O–H groups in total. The number of aryl methyl sites for hydroxylation is 3. The Morgan fingerprint density at radius 3 is 2.43 bits per heavy atom. The van der Waals surface area contributed by atoms with Gasteiger partial charge in [-0.3, -0.25) is 9.36 Å². The number of rotatable bonds is 5. The maximum Gasteiger partial charge on any atom is 0.132 e. The maximum absolute atomic E-state index is 10.6. The lowest BCUT2D eigenvalue weighted by Crippen LogP contribution is -2.09. The fraction of sp³-hybridized carbons (Fsp3) is 0.600. The number of hydrogen-bond donors (Lipinski definition) is 1. The molecule has 2 aromatic rings. The zero-order chi connectivity index (χ0) is 15.7. The molecule has 0 aliphatic rings. The summed E-state index contributed by atoms with van der Waals surface area (Å²) >= 11 is 6.31. The van der Waals surface area contributed by atoms with E-state index >= 15 is 0 Å². The summed E-state index contributed by atoms with van der Waals surface area (Å²) in [5.41, 5.74) is 3.61. The van der Waals surface area contributed by atoms with Gasteiger partial charge in [-0.25, -0.2) is 0 Å². The van der Waals surface area contributed by atoms with Crippen LogP contribution in [0.4, 0.5) is 0 Å². The second-order valence-electron chi connectivity index (χ2n) is 5.69. The monoisotopic (exact) mass is 310 g/mol. The van der Waals surface area contributed by atoms with Crippen molar-refractivity contribution in [3.63, 3.8) is 0 Å². The number of aromatic nitrogens is 4. The molecule has 0 radical (unpaired) electrons. The molecular formula is C15H23ClN4O. The minimum absolute atomic E-state index is 0.214. The summed E-state index contributed by atoms with van der Waals surface area (Å²) in [4.78, 5) is 0. The van der Waals surface area contributed by atoms with E-state index in [9.17, 15) is 5.11 Å². The predicted octanol–water partition coefficient (Wildman–Crippen LogP) is 2.77. The molecule has 0 aromatic carbocycles. The van der Waals surface area contributed by atoms with Crippen LogP contribution >= 0.6 is 11.6 Å². The third kappa shape index (κ3) is 3.14. The Morgan fingerprint density at radius 1 is 1.24 bits per heavy atom. The lowest BCUT2D eigenvalue weighted by molar-refractivity contribution is 0.174. The molecule has 116 valence electrons. The topological polar surface area (TPSA) is 55.9 Å². The van der Waals surface area contributed by atoms with Gasteiger partial charge in [0.1, 0.15) is 5.15 Å². The molecule has 2 aromatic heterocycles. The highest BCUT2D eigenvalue weighted by atomic mass is 35.5. The molecule has 0 amide bonds. The largest absolute Gasteiger partial charge is 0.388 e. The van der Waals surface area contributed by atoms with Crippen LogP contribution in [0, 0.1) is 0 Å². The molecule has 21 heavy (non-hydrogen) atoms. The average Bonchev–Trinajstić information content (AvgIpc) is 2.91. The fourth-order valence-corrected chi connectivity index (χ4v) is 2.77. The van der Waals surface area contributed by atoms with Crippen LogP contribution in [-0.4, -0.2) is 24.7 Å². The molecule has 2 rings (SSSR count). The Bertz CT molecular complexity index is 630. The van der Waals surface area contributed by atoms with Gasteiger partial charge in [-0.15, -0.1) is 0 Å². The minimum Gasteiger partial charge on any atom is -0.388 e. The summed E-state index contributed by atoms with van der Waals surface area (Å²) in [5, 5.41) is 20.0. The Morgan fingerprint density at radius 2 is 1.90 bits per heavy atom. The number of hydrogen-bond acceptors (Lipinski definition) is 3. The molecule has 0 saturated heterocycles. The van der Waals surface area contributed by atoms with Crippen LogP contribution in [0.2, 0.25) is 5.15 Å². The third-order valence-electron chi connectivity index (χ3n) is 3.71. The van der Waals surface area contributed by atoms with Gasteiger partial charge >= 0.3 is 0 Å². The van der Waals surface area contributed by atoms with E-state index in [-0.39, 0.29) is 5.92 Å². The van der Waals surface area contributed by atoms with E-state index in [2.05, 4.69) is 17.1 Å². The molecular weight excluding hydrogens is 288 g/mol. The summed E-state index contributed by atoms with van der Waals surface area (Å²) in [7, 11) is 3.69. The van der Waals surface area contributed by atoms with Gasteiger partial charge in [-0.1, -0.05) is 32.4 Å². The summed E-state index contributed by atoms with van der Waals surface area (Å²) < 4.78 is 3.44. The first kappa shape index (κ1) is 16.0. The summed E-state index contributed by atoms with van der Waals surface area (Å²) in [6.45, 7) is 6.17. The van der Waals surface area contributed by atoms with Gasteiger partial charge in [-0.2, -0.15) is 10.2 Å². The second kappa shape index (κ2) is 6.20. The van der Waals surface area contributed by atoms with E-state index in [1.165, 1.54) is 0 Å². The summed E-state index contributed by atoms with van der Waals surface area (Å²) in [6.07, 6.45) is 0.687. The molecule has 0 spiro atoms. The molecule has 0 aliphatic heterocycles. The van der Waals surface area contributed by atoms with E-state index in [1.54, 1.807) is 11.7 Å². The zero-order valence-corrected chi connectivity index (χ0v) is 14.0. The van der Waals surface area contributed by atoms with Crippen molar-refractivity contribution in [2.24, 2.45) is 14.1 Å². The van der Waals surface area contributed by atoms with E-state index in [4.69, 9.17) is 11.6 Å².